The Labute approximate surface area is 142 Å². The van der Waals surface area contributed by atoms with E-state index in [9.17, 15) is 4.79 Å². The summed E-state index contributed by atoms with van der Waals surface area (Å²) in [5, 5.41) is 11.4. The standard InChI is InChI=1S/C14H16ClN3O2S2/c1-9(22-14-18-17-12(20-14)8-21-2)13(19)16-7-10-5-3-4-6-11(10)15/h3-6,9H,7-8H2,1-2H3,(H,16,19). The zero-order valence-electron chi connectivity index (χ0n) is 12.2. The summed E-state index contributed by atoms with van der Waals surface area (Å²) in [4.78, 5) is 12.1. The molecule has 1 aromatic carbocycles. The van der Waals surface area contributed by atoms with Crippen LogP contribution in [0, 0.1) is 0 Å². The SMILES string of the molecule is CSCc1nnc(SC(C)C(=O)NCc2ccccc2Cl)o1. The van der Waals surface area contributed by atoms with Gasteiger partial charge in [-0.3, -0.25) is 4.79 Å². The van der Waals surface area contributed by atoms with E-state index < -0.39 is 0 Å². The second kappa shape index (κ2) is 8.45. The molecule has 0 aliphatic carbocycles. The van der Waals surface area contributed by atoms with Crippen molar-refractivity contribution in [2.45, 2.75) is 29.7 Å². The van der Waals surface area contributed by atoms with Gasteiger partial charge >= 0.3 is 0 Å². The Hall–Kier alpha value is -1.18. The summed E-state index contributed by atoms with van der Waals surface area (Å²) in [7, 11) is 0. The fourth-order valence-electron chi connectivity index (χ4n) is 1.64. The molecule has 2 rings (SSSR count). The van der Waals surface area contributed by atoms with Crippen LogP contribution in [0.15, 0.2) is 33.9 Å². The van der Waals surface area contributed by atoms with Crippen molar-refractivity contribution in [3.63, 3.8) is 0 Å². The number of nitrogens with one attached hydrogen (secondary N) is 1. The van der Waals surface area contributed by atoms with Gasteiger partial charge in [0.2, 0.25) is 11.8 Å². The molecule has 0 saturated carbocycles. The Balaban J connectivity index is 1.85. The van der Waals surface area contributed by atoms with Crippen LogP contribution in [-0.2, 0) is 17.1 Å². The minimum atomic E-state index is -0.329. The third-order valence-corrected chi connectivity index (χ3v) is 4.61. The Morgan fingerprint density at radius 2 is 2.18 bits per heavy atom. The molecule has 1 atom stereocenters. The van der Waals surface area contributed by atoms with Crippen molar-refractivity contribution in [1.29, 1.82) is 0 Å². The van der Waals surface area contributed by atoms with Crippen LogP contribution in [0.5, 0.6) is 0 Å². The highest BCUT2D eigenvalue weighted by Gasteiger charge is 2.18. The number of nitrogens with zero attached hydrogens (tertiary/aromatic N) is 2. The van der Waals surface area contributed by atoms with Crippen molar-refractivity contribution >= 4 is 41.0 Å². The number of halogens is 1. The maximum Gasteiger partial charge on any atom is 0.277 e. The number of carbonyl (C=O) groups is 1. The van der Waals surface area contributed by atoms with Crippen LogP contribution in [-0.4, -0.2) is 27.6 Å². The summed E-state index contributed by atoms with van der Waals surface area (Å²) in [6.45, 7) is 2.19. The van der Waals surface area contributed by atoms with E-state index in [1.807, 2.05) is 24.5 Å². The number of hydrogen-bond acceptors (Lipinski definition) is 6. The van der Waals surface area contributed by atoms with E-state index in [2.05, 4.69) is 15.5 Å². The number of thioether (sulfide) groups is 2. The third-order valence-electron chi connectivity index (χ3n) is 2.77. The van der Waals surface area contributed by atoms with E-state index in [1.54, 1.807) is 24.8 Å². The zero-order chi connectivity index (χ0) is 15.9. The normalized spacial score (nSPS) is 12.1. The van der Waals surface area contributed by atoms with Gasteiger partial charge in [0.15, 0.2) is 0 Å². The molecule has 22 heavy (non-hydrogen) atoms. The summed E-state index contributed by atoms with van der Waals surface area (Å²) in [5.74, 6) is 1.13. The highest BCUT2D eigenvalue weighted by molar-refractivity contribution is 8.00. The van der Waals surface area contributed by atoms with Crippen LogP contribution in [0.1, 0.15) is 18.4 Å². The highest BCUT2D eigenvalue weighted by atomic mass is 35.5. The van der Waals surface area contributed by atoms with E-state index in [0.29, 0.717) is 28.4 Å². The van der Waals surface area contributed by atoms with Gasteiger partial charge in [-0.2, -0.15) is 11.8 Å². The number of benzene rings is 1. The summed E-state index contributed by atoms with van der Waals surface area (Å²) < 4.78 is 5.45. The molecule has 2 aromatic rings. The van der Waals surface area contributed by atoms with Crippen LogP contribution in [0.2, 0.25) is 5.02 Å². The molecule has 0 aliphatic heterocycles. The summed E-state index contributed by atoms with van der Waals surface area (Å²) in [6, 6.07) is 7.42. The molecular weight excluding hydrogens is 342 g/mol. The first kappa shape index (κ1) is 17.2. The number of carbonyl (C=O) groups excluding carboxylic acids is 1. The lowest BCUT2D eigenvalue weighted by molar-refractivity contribution is -0.120. The van der Waals surface area contributed by atoms with Gasteiger partial charge < -0.3 is 9.73 Å². The van der Waals surface area contributed by atoms with Crippen molar-refractivity contribution in [3.05, 3.63) is 40.7 Å². The Morgan fingerprint density at radius 3 is 2.91 bits per heavy atom. The Kier molecular flexibility index (Phi) is 6.60. The molecule has 0 saturated heterocycles. The molecule has 1 amide bonds. The largest absolute Gasteiger partial charge is 0.415 e. The van der Waals surface area contributed by atoms with Gasteiger partial charge in [0, 0.05) is 11.6 Å². The average Bonchev–Trinajstić information content (AvgIpc) is 2.93. The number of rotatable bonds is 7. The molecule has 1 aromatic heterocycles. The number of aromatic nitrogens is 2. The summed E-state index contributed by atoms with van der Waals surface area (Å²) in [6.07, 6.45) is 1.96. The maximum absolute atomic E-state index is 12.1. The number of amides is 1. The van der Waals surface area contributed by atoms with Crippen molar-refractivity contribution in [3.8, 4) is 0 Å². The molecule has 1 unspecified atom stereocenters. The molecule has 1 heterocycles. The maximum atomic E-state index is 12.1. The van der Waals surface area contributed by atoms with E-state index >= 15 is 0 Å². The van der Waals surface area contributed by atoms with Crippen molar-refractivity contribution in [2.24, 2.45) is 0 Å². The minimum absolute atomic E-state index is 0.102. The fourth-order valence-corrected chi connectivity index (χ4v) is 2.93. The van der Waals surface area contributed by atoms with E-state index in [-0.39, 0.29) is 11.2 Å². The molecule has 0 fully saturated rings. The quantitative estimate of drug-likeness (QED) is 0.766. The smallest absolute Gasteiger partial charge is 0.277 e. The molecule has 0 spiro atoms. The molecular formula is C14H16ClN3O2S2. The molecule has 5 nitrogen and oxygen atoms in total. The fraction of sp³-hybridized carbons (Fsp3) is 0.357. The van der Waals surface area contributed by atoms with Crippen molar-refractivity contribution < 1.29 is 9.21 Å². The first-order valence-electron chi connectivity index (χ1n) is 6.59. The van der Waals surface area contributed by atoms with Gasteiger partial charge in [0.05, 0.1) is 11.0 Å². The molecule has 1 N–H and O–H groups in total. The zero-order valence-corrected chi connectivity index (χ0v) is 14.6. The monoisotopic (exact) mass is 357 g/mol. The van der Waals surface area contributed by atoms with Gasteiger partial charge in [-0.15, -0.1) is 10.2 Å². The van der Waals surface area contributed by atoms with Crippen LogP contribution in [0.3, 0.4) is 0 Å². The van der Waals surface area contributed by atoms with Gasteiger partial charge in [-0.25, -0.2) is 0 Å². The third kappa shape index (κ3) is 4.93. The predicted octanol–water partition coefficient (Wildman–Crippen LogP) is 3.38. The van der Waals surface area contributed by atoms with Gasteiger partial charge in [-0.1, -0.05) is 41.6 Å². The van der Waals surface area contributed by atoms with Gasteiger partial charge in [-0.05, 0) is 24.8 Å². The van der Waals surface area contributed by atoms with Crippen molar-refractivity contribution in [2.75, 3.05) is 6.26 Å². The van der Waals surface area contributed by atoms with E-state index in [4.69, 9.17) is 16.0 Å². The Bertz CT molecular complexity index is 636. The van der Waals surface area contributed by atoms with Crippen LogP contribution < -0.4 is 5.32 Å². The second-order valence-electron chi connectivity index (χ2n) is 4.46. The van der Waals surface area contributed by atoms with Crippen molar-refractivity contribution in [1.82, 2.24) is 15.5 Å². The first-order chi connectivity index (χ1) is 10.6. The topological polar surface area (TPSA) is 68.0 Å². The predicted molar refractivity (Wildman–Crippen MR) is 90.1 cm³/mol. The Morgan fingerprint density at radius 1 is 1.41 bits per heavy atom. The molecule has 118 valence electrons. The lowest BCUT2D eigenvalue weighted by atomic mass is 10.2. The lowest BCUT2D eigenvalue weighted by Gasteiger charge is -2.10. The molecule has 0 bridgehead atoms. The lowest BCUT2D eigenvalue weighted by Crippen LogP contribution is -2.30. The number of hydrogen-bond donors (Lipinski definition) is 1. The van der Waals surface area contributed by atoms with Gasteiger partial charge in [0.1, 0.15) is 0 Å². The second-order valence-corrected chi connectivity index (χ2v) is 7.03. The van der Waals surface area contributed by atoms with Gasteiger partial charge in [0.25, 0.3) is 5.22 Å². The molecule has 8 heteroatoms. The van der Waals surface area contributed by atoms with Crippen LogP contribution in [0.25, 0.3) is 0 Å². The summed E-state index contributed by atoms with van der Waals surface area (Å²) >= 11 is 8.90. The molecule has 0 radical (unpaired) electrons. The molecule has 0 aliphatic rings. The van der Waals surface area contributed by atoms with E-state index in [0.717, 1.165) is 5.56 Å². The average molecular weight is 358 g/mol. The minimum Gasteiger partial charge on any atom is -0.415 e. The van der Waals surface area contributed by atoms with Crippen LogP contribution >= 0.6 is 35.1 Å². The highest BCUT2D eigenvalue weighted by Crippen LogP contribution is 2.23. The van der Waals surface area contributed by atoms with E-state index in [1.165, 1.54) is 11.8 Å². The summed E-state index contributed by atoms with van der Waals surface area (Å²) in [5.41, 5.74) is 0.884. The first-order valence-corrected chi connectivity index (χ1v) is 9.24. The van der Waals surface area contributed by atoms with Crippen LogP contribution in [0.4, 0.5) is 0 Å².